The molecule has 10 nitrogen and oxygen atoms in total. The molecule has 1 aromatic heterocycles. The molecule has 0 aliphatic carbocycles. The number of allylic oxidation sites excluding steroid dienone is 4. The first kappa shape index (κ1) is 38.2. The third kappa shape index (κ3) is 11.7. The van der Waals surface area contributed by atoms with E-state index in [0.717, 1.165) is 11.3 Å². The zero-order valence-electron chi connectivity index (χ0n) is 26.7. The Kier molecular flexibility index (Phi) is 14.8. The molecule has 0 saturated carbocycles. The van der Waals surface area contributed by atoms with E-state index in [-0.39, 0.29) is 22.3 Å². The van der Waals surface area contributed by atoms with Crippen LogP contribution in [0.15, 0.2) is 96.6 Å². The lowest BCUT2D eigenvalue weighted by Gasteiger charge is -2.34. The number of carbonyl (C=O) groups is 2. The van der Waals surface area contributed by atoms with Crippen molar-refractivity contribution in [3.63, 3.8) is 0 Å². The third-order valence-electron chi connectivity index (χ3n) is 6.64. The standard InChI is InChI=1S/C28H30N6O4S.C4H6F2.CH3F/c1-4-5-20(2)39(37,38)32-25-12-6-22(7-13-25)26-14-15-29-28(31-26)30-24-10-8-23(9-11-24)27(36)34-18-16-33(17-19-34)21(3)35;1-3(2)4(5)6;1-2/h4-15,32H,1,16-19H2,2-3H3,(H,29,30,31);4H,1H2,2H3;1H3/b20-5+;;. The molecular formula is C33H39F3N6O4S. The van der Waals surface area contributed by atoms with Crippen LogP contribution in [-0.4, -0.2) is 79.8 Å². The van der Waals surface area contributed by atoms with Crippen LogP contribution in [0, 0.1) is 0 Å². The van der Waals surface area contributed by atoms with Gasteiger partial charge in [-0.2, -0.15) is 0 Å². The summed E-state index contributed by atoms with van der Waals surface area (Å²) in [6.07, 6.45) is 2.14. The van der Waals surface area contributed by atoms with Gasteiger partial charge in [0.15, 0.2) is 0 Å². The lowest BCUT2D eigenvalue weighted by Crippen LogP contribution is -2.50. The van der Waals surface area contributed by atoms with Gasteiger partial charge < -0.3 is 15.1 Å². The lowest BCUT2D eigenvalue weighted by atomic mass is 10.1. The van der Waals surface area contributed by atoms with Gasteiger partial charge in [-0.05, 0) is 68.0 Å². The number of nitrogens with zero attached hydrogens (tertiary/aromatic N) is 4. The summed E-state index contributed by atoms with van der Waals surface area (Å²) in [6.45, 7) is 13.0. The first-order valence-electron chi connectivity index (χ1n) is 14.3. The molecule has 0 atom stereocenters. The zero-order chi connectivity index (χ0) is 35.1. The highest BCUT2D eigenvalue weighted by molar-refractivity contribution is 7.96. The van der Waals surface area contributed by atoms with E-state index >= 15 is 0 Å². The molecule has 2 amide bonds. The van der Waals surface area contributed by atoms with Crippen LogP contribution in [-0.2, 0) is 14.8 Å². The van der Waals surface area contributed by atoms with Gasteiger partial charge in [-0.3, -0.25) is 18.7 Å². The van der Waals surface area contributed by atoms with Crippen LogP contribution in [0.3, 0.4) is 0 Å². The summed E-state index contributed by atoms with van der Waals surface area (Å²) in [5, 5.41) is 3.15. The fourth-order valence-corrected chi connectivity index (χ4v) is 4.89. The van der Waals surface area contributed by atoms with Gasteiger partial charge in [-0.15, -0.1) is 0 Å². The van der Waals surface area contributed by atoms with E-state index in [2.05, 4.69) is 33.2 Å². The summed E-state index contributed by atoms with van der Waals surface area (Å²) in [5.41, 5.74) is 3.08. The van der Waals surface area contributed by atoms with E-state index < -0.39 is 16.4 Å². The van der Waals surface area contributed by atoms with Gasteiger partial charge in [0.25, 0.3) is 22.4 Å². The largest absolute Gasteiger partial charge is 0.339 e. The van der Waals surface area contributed by atoms with Crippen LogP contribution in [0.4, 0.5) is 30.5 Å². The quantitative estimate of drug-likeness (QED) is 0.198. The van der Waals surface area contributed by atoms with E-state index in [9.17, 15) is 31.2 Å². The fourth-order valence-electron chi connectivity index (χ4n) is 4.01. The number of anilines is 3. The van der Waals surface area contributed by atoms with Crippen LogP contribution in [0.2, 0.25) is 0 Å². The van der Waals surface area contributed by atoms with Crippen LogP contribution in [0.5, 0.6) is 0 Å². The van der Waals surface area contributed by atoms with Crippen LogP contribution < -0.4 is 10.0 Å². The minimum Gasteiger partial charge on any atom is -0.339 e. The summed E-state index contributed by atoms with van der Waals surface area (Å²) in [7, 11) is -3.15. The third-order valence-corrected chi connectivity index (χ3v) is 8.13. The zero-order valence-corrected chi connectivity index (χ0v) is 27.5. The van der Waals surface area contributed by atoms with Gasteiger partial charge in [0, 0.05) is 61.8 Å². The molecule has 2 heterocycles. The molecule has 2 N–H and O–H groups in total. The number of hydrogen-bond acceptors (Lipinski definition) is 7. The number of sulfonamides is 1. The maximum atomic E-state index is 12.8. The molecule has 1 fully saturated rings. The summed E-state index contributed by atoms with van der Waals surface area (Å²) in [6, 6.07) is 15.7. The van der Waals surface area contributed by atoms with Crippen molar-refractivity contribution < 1.29 is 31.2 Å². The van der Waals surface area contributed by atoms with Gasteiger partial charge in [-0.25, -0.2) is 27.2 Å². The molecule has 1 saturated heterocycles. The number of halogens is 3. The maximum Gasteiger partial charge on any atom is 0.259 e. The number of hydrogen-bond donors (Lipinski definition) is 2. The van der Waals surface area contributed by atoms with E-state index in [0.29, 0.717) is 56.2 Å². The topological polar surface area (TPSA) is 125 Å². The molecule has 1 aliphatic heterocycles. The molecule has 14 heteroatoms. The van der Waals surface area contributed by atoms with E-state index in [1.165, 1.54) is 32.9 Å². The number of carbonyl (C=O) groups excluding carboxylic acids is 2. The molecule has 0 spiro atoms. The number of piperazine rings is 1. The second-order valence-electron chi connectivity index (χ2n) is 10.1. The van der Waals surface area contributed by atoms with Crippen LogP contribution in [0.1, 0.15) is 31.1 Å². The first-order valence-corrected chi connectivity index (χ1v) is 15.8. The highest BCUT2D eigenvalue weighted by Gasteiger charge is 2.23. The Balaban J connectivity index is 0.000000863. The van der Waals surface area contributed by atoms with Crippen molar-refractivity contribution >= 4 is 39.2 Å². The Bertz CT molecular complexity index is 1660. The Morgan fingerprint density at radius 3 is 1.94 bits per heavy atom. The minimum atomic E-state index is -3.65. The second-order valence-corrected chi connectivity index (χ2v) is 12.0. The maximum absolute atomic E-state index is 12.8. The highest BCUT2D eigenvalue weighted by atomic mass is 32.2. The lowest BCUT2D eigenvalue weighted by molar-refractivity contribution is -0.130. The summed E-state index contributed by atoms with van der Waals surface area (Å²) >= 11 is 0. The monoisotopic (exact) mass is 672 g/mol. The Labute approximate surface area is 273 Å². The van der Waals surface area contributed by atoms with E-state index in [4.69, 9.17) is 0 Å². The molecule has 0 unspecified atom stereocenters. The van der Waals surface area contributed by atoms with Crippen molar-refractivity contribution in [2.24, 2.45) is 0 Å². The number of amides is 2. The van der Waals surface area contributed by atoms with Gasteiger partial charge >= 0.3 is 0 Å². The van der Waals surface area contributed by atoms with Gasteiger partial charge in [0.1, 0.15) is 0 Å². The molecule has 1 aliphatic rings. The SMILES string of the molecule is C=C(C)C(F)F.C=C/C=C(\C)S(=O)(=O)Nc1ccc(-c2ccnc(Nc3ccc(C(=O)N4CCN(C(C)=O)CC4)cc3)n2)cc1.CF. The number of aromatic nitrogens is 2. The highest BCUT2D eigenvalue weighted by Crippen LogP contribution is 2.23. The van der Waals surface area contributed by atoms with Crippen LogP contribution >= 0.6 is 0 Å². The average molecular weight is 673 g/mol. The molecule has 47 heavy (non-hydrogen) atoms. The normalized spacial score (nSPS) is 13.0. The van der Waals surface area contributed by atoms with E-state index in [1.54, 1.807) is 70.6 Å². The van der Waals surface area contributed by atoms with Crippen molar-refractivity contribution in [2.75, 3.05) is 43.4 Å². The molecular weight excluding hydrogens is 633 g/mol. The summed E-state index contributed by atoms with van der Waals surface area (Å²) < 4.78 is 58.8. The second kappa shape index (κ2) is 18.2. The molecule has 3 aromatic rings. The van der Waals surface area contributed by atoms with Gasteiger partial charge in [0.2, 0.25) is 11.9 Å². The predicted octanol–water partition coefficient (Wildman–Crippen LogP) is 6.44. The Hall–Kier alpha value is -4.98. The molecule has 2 aromatic carbocycles. The van der Waals surface area contributed by atoms with Crippen molar-refractivity contribution in [1.82, 2.24) is 19.8 Å². The smallest absolute Gasteiger partial charge is 0.259 e. The Morgan fingerprint density at radius 1 is 0.894 bits per heavy atom. The number of rotatable bonds is 9. The van der Waals surface area contributed by atoms with Crippen molar-refractivity contribution in [3.05, 3.63) is 102 Å². The number of alkyl halides is 3. The average Bonchev–Trinajstić information content (AvgIpc) is 3.06. The van der Waals surface area contributed by atoms with Crippen molar-refractivity contribution in [2.45, 2.75) is 27.2 Å². The summed E-state index contributed by atoms with van der Waals surface area (Å²) in [4.78, 5) is 36.9. The van der Waals surface area contributed by atoms with Crippen molar-refractivity contribution in [3.8, 4) is 11.3 Å². The predicted molar refractivity (Wildman–Crippen MR) is 180 cm³/mol. The first-order chi connectivity index (χ1) is 22.3. The van der Waals surface area contributed by atoms with E-state index in [1.807, 2.05) is 0 Å². The fraction of sp³-hybridized carbons (Fsp3) is 0.273. The summed E-state index contributed by atoms with van der Waals surface area (Å²) in [5.74, 6) is 0.332. The molecule has 0 bridgehead atoms. The van der Waals surface area contributed by atoms with Gasteiger partial charge in [-0.1, -0.05) is 31.4 Å². The molecule has 252 valence electrons. The molecule has 4 rings (SSSR count). The number of benzene rings is 2. The van der Waals surface area contributed by atoms with Crippen molar-refractivity contribution in [1.29, 1.82) is 0 Å². The minimum absolute atomic E-state index is 0.0240. The van der Waals surface area contributed by atoms with Crippen LogP contribution in [0.25, 0.3) is 11.3 Å². The molecule has 0 radical (unpaired) electrons. The van der Waals surface area contributed by atoms with Gasteiger partial charge in [0.05, 0.1) is 17.8 Å². The Morgan fingerprint density at radius 2 is 1.43 bits per heavy atom. The number of nitrogens with one attached hydrogen (secondary N) is 2.